The van der Waals surface area contributed by atoms with Gasteiger partial charge in [0.1, 0.15) is 5.69 Å². The summed E-state index contributed by atoms with van der Waals surface area (Å²) in [6, 6.07) is 10.3. The predicted molar refractivity (Wildman–Crippen MR) is 151 cm³/mol. The number of hydrogen-bond acceptors (Lipinski definition) is 5. The van der Waals surface area contributed by atoms with Crippen molar-refractivity contribution in [1.29, 1.82) is 0 Å². The number of benzene rings is 1. The first-order valence-corrected chi connectivity index (χ1v) is 13.3. The van der Waals surface area contributed by atoms with E-state index in [0.29, 0.717) is 0 Å². The van der Waals surface area contributed by atoms with Gasteiger partial charge in [0.25, 0.3) is 0 Å². The minimum Gasteiger partial charge on any atom is -0.352 e. The van der Waals surface area contributed by atoms with Gasteiger partial charge in [-0.05, 0) is 49.6 Å². The summed E-state index contributed by atoms with van der Waals surface area (Å²) in [5.74, 6) is 0.191. The van der Waals surface area contributed by atoms with Gasteiger partial charge in [-0.25, -0.2) is 4.98 Å². The van der Waals surface area contributed by atoms with Crippen LogP contribution in [-0.2, 0) is 4.79 Å². The third-order valence-corrected chi connectivity index (χ3v) is 7.65. The van der Waals surface area contributed by atoms with Crippen molar-refractivity contribution in [2.45, 2.75) is 39.0 Å². The first kappa shape index (κ1) is 23.3. The molecule has 6 aromatic rings. The van der Waals surface area contributed by atoms with Crippen LogP contribution < -0.4 is 5.32 Å². The highest BCUT2D eigenvalue weighted by Crippen LogP contribution is 2.34. The Morgan fingerprint density at radius 3 is 2.67 bits per heavy atom. The minimum absolute atomic E-state index is 0.0945. The summed E-state index contributed by atoms with van der Waals surface area (Å²) < 4.78 is 1.98. The Hall–Kier alpha value is -4.79. The van der Waals surface area contributed by atoms with Crippen molar-refractivity contribution < 1.29 is 4.79 Å². The van der Waals surface area contributed by atoms with Crippen molar-refractivity contribution in [2.24, 2.45) is 5.92 Å². The Morgan fingerprint density at radius 2 is 1.82 bits per heavy atom. The molecular weight excluding hydrogens is 488 g/mol. The molecule has 1 saturated carbocycles. The molecule has 0 atom stereocenters. The van der Waals surface area contributed by atoms with E-state index < -0.39 is 0 Å². The first-order chi connectivity index (χ1) is 19.1. The molecule has 39 heavy (non-hydrogen) atoms. The van der Waals surface area contributed by atoms with Gasteiger partial charge in [-0.1, -0.05) is 25.3 Å². The van der Waals surface area contributed by atoms with Gasteiger partial charge in [-0.3, -0.25) is 19.9 Å². The van der Waals surface area contributed by atoms with Crippen molar-refractivity contribution in [3.63, 3.8) is 0 Å². The Morgan fingerprint density at radius 1 is 0.949 bits per heavy atom. The van der Waals surface area contributed by atoms with E-state index >= 15 is 0 Å². The summed E-state index contributed by atoms with van der Waals surface area (Å²) in [5.41, 5.74) is 8.13. The van der Waals surface area contributed by atoms with Crippen LogP contribution in [-0.4, -0.2) is 40.6 Å². The van der Waals surface area contributed by atoms with E-state index in [1.807, 2.05) is 54.5 Å². The quantitative estimate of drug-likeness (QED) is 0.253. The highest BCUT2D eigenvalue weighted by Gasteiger charge is 2.21. The lowest BCUT2D eigenvalue weighted by atomic mass is 9.88. The zero-order valence-electron chi connectivity index (χ0n) is 21.6. The summed E-state index contributed by atoms with van der Waals surface area (Å²) >= 11 is 0. The fourth-order valence-electron chi connectivity index (χ4n) is 5.60. The van der Waals surface area contributed by atoms with Crippen LogP contribution in [0.3, 0.4) is 0 Å². The first-order valence-electron chi connectivity index (χ1n) is 13.3. The maximum atomic E-state index is 12.8. The molecule has 1 aromatic carbocycles. The Labute approximate surface area is 224 Å². The van der Waals surface area contributed by atoms with Gasteiger partial charge < -0.3 is 14.9 Å². The SMILES string of the molecule is Cc1cn(-c2cncc3[nH]c(-c4n[nH]c5ccc(-c6cncc(NC(=O)C7CCCCC7)c6)cc45)cc23)cn1. The van der Waals surface area contributed by atoms with Gasteiger partial charge in [-0.15, -0.1) is 0 Å². The normalized spacial score (nSPS) is 14.3. The molecule has 1 aliphatic rings. The molecule has 1 fully saturated rings. The van der Waals surface area contributed by atoms with Crippen LogP contribution in [0.25, 0.3) is 50.0 Å². The third-order valence-electron chi connectivity index (χ3n) is 7.65. The van der Waals surface area contributed by atoms with Gasteiger partial charge in [-0.2, -0.15) is 5.10 Å². The fraction of sp³-hybridized carbons (Fsp3) is 0.233. The number of rotatable bonds is 5. The minimum atomic E-state index is 0.0945. The zero-order valence-corrected chi connectivity index (χ0v) is 21.6. The van der Waals surface area contributed by atoms with Crippen LogP contribution in [0, 0.1) is 12.8 Å². The molecule has 0 spiro atoms. The number of carbonyl (C=O) groups excluding carboxylic acids is 1. The van der Waals surface area contributed by atoms with Crippen LogP contribution in [0.5, 0.6) is 0 Å². The number of nitrogens with one attached hydrogen (secondary N) is 3. The molecule has 9 heteroatoms. The maximum absolute atomic E-state index is 12.8. The summed E-state index contributed by atoms with van der Waals surface area (Å²) in [6.07, 6.45) is 16.4. The van der Waals surface area contributed by atoms with Crippen molar-refractivity contribution in [3.8, 4) is 28.2 Å². The number of fused-ring (bicyclic) bond motifs is 2. The second-order valence-corrected chi connectivity index (χ2v) is 10.3. The Kier molecular flexibility index (Phi) is 5.69. The molecule has 7 rings (SSSR count). The van der Waals surface area contributed by atoms with E-state index in [1.165, 1.54) is 6.42 Å². The fourth-order valence-corrected chi connectivity index (χ4v) is 5.60. The second-order valence-electron chi connectivity index (χ2n) is 10.3. The van der Waals surface area contributed by atoms with E-state index in [1.54, 1.807) is 12.5 Å². The Bertz CT molecular complexity index is 1820. The summed E-state index contributed by atoms with van der Waals surface area (Å²) in [5, 5.41) is 12.9. The van der Waals surface area contributed by atoms with Gasteiger partial charge in [0.15, 0.2) is 0 Å². The number of H-pyrrole nitrogens is 2. The highest BCUT2D eigenvalue weighted by molar-refractivity contribution is 5.99. The van der Waals surface area contributed by atoms with Crippen molar-refractivity contribution in [1.82, 2.24) is 34.7 Å². The number of hydrogen-bond donors (Lipinski definition) is 3. The number of nitrogens with zero attached hydrogens (tertiary/aromatic N) is 5. The summed E-state index contributed by atoms with van der Waals surface area (Å²) in [6.45, 7) is 1.97. The molecule has 5 aromatic heterocycles. The van der Waals surface area contributed by atoms with Gasteiger partial charge in [0, 0.05) is 34.6 Å². The molecule has 1 aliphatic carbocycles. The summed E-state index contributed by atoms with van der Waals surface area (Å²) in [7, 11) is 0. The number of imidazole rings is 1. The predicted octanol–water partition coefficient (Wildman–Crippen LogP) is 6.18. The molecule has 0 unspecified atom stereocenters. The number of amides is 1. The lowest BCUT2D eigenvalue weighted by Gasteiger charge is -2.20. The van der Waals surface area contributed by atoms with Crippen LogP contribution in [0.2, 0.25) is 0 Å². The standard InChI is InChI=1S/C30H28N8O/c1-18-16-38(17-33-18)28-15-32-14-27-23(28)11-26(35-27)29-24-10-20(7-8-25(24)36-37-29)21-9-22(13-31-12-21)34-30(39)19-5-3-2-4-6-19/h7-17,19,35H,2-6H2,1H3,(H,34,39)(H,36,37). The molecule has 0 radical (unpaired) electrons. The average Bonchev–Trinajstić information content (AvgIpc) is 3.71. The number of anilines is 1. The zero-order chi connectivity index (χ0) is 26.3. The van der Waals surface area contributed by atoms with E-state index in [-0.39, 0.29) is 11.8 Å². The molecule has 5 heterocycles. The van der Waals surface area contributed by atoms with Crippen LogP contribution in [0.15, 0.2) is 67.6 Å². The van der Waals surface area contributed by atoms with E-state index in [4.69, 9.17) is 0 Å². The van der Waals surface area contributed by atoms with Gasteiger partial charge >= 0.3 is 0 Å². The van der Waals surface area contributed by atoms with Crippen molar-refractivity contribution >= 4 is 33.4 Å². The number of aryl methyl sites for hydroxylation is 1. The smallest absolute Gasteiger partial charge is 0.227 e. The molecule has 3 N–H and O–H groups in total. The number of aromatic nitrogens is 7. The van der Waals surface area contributed by atoms with Crippen molar-refractivity contribution in [2.75, 3.05) is 5.32 Å². The topological polar surface area (TPSA) is 117 Å². The van der Waals surface area contributed by atoms with Gasteiger partial charge in [0.05, 0.1) is 58.7 Å². The number of aromatic amines is 2. The average molecular weight is 517 g/mol. The van der Waals surface area contributed by atoms with E-state index in [9.17, 15) is 4.79 Å². The second kappa shape index (κ2) is 9.50. The molecule has 1 amide bonds. The van der Waals surface area contributed by atoms with Crippen molar-refractivity contribution in [3.05, 3.63) is 73.3 Å². The third kappa shape index (κ3) is 4.35. The monoisotopic (exact) mass is 516 g/mol. The maximum Gasteiger partial charge on any atom is 0.227 e. The van der Waals surface area contributed by atoms with Crippen LogP contribution >= 0.6 is 0 Å². The van der Waals surface area contributed by atoms with Gasteiger partial charge in [0.2, 0.25) is 5.91 Å². The highest BCUT2D eigenvalue weighted by atomic mass is 16.1. The molecule has 0 saturated heterocycles. The number of pyridine rings is 2. The summed E-state index contributed by atoms with van der Waals surface area (Å²) in [4.78, 5) is 29.5. The molecule has 0 aliphatic heterocycles. The van der Waals surface area contributed by atoms with E-state index in [2.05, 4.69) is 47.6 Å². The molecule has 0 bridgehead atoms. The lowest BCUT2D eigenvalue weighted by Crippen LogP contribution is -2.24. The van der Waals surface area contributed by atoms with E-state index in [0.717, 1.165) is 87.1 Å². The largest absolute Gasteiger partial charge is 0.352 e. The Balaban J connectivity index is 1.22. The molecule has 194 valence electrons. The molecule has 9 nitrogen and oxygen atoms in total. The van der Waals surface area contributed by atoms with Crippen LogP contribution in [0.1, 0.15) is 37.8 Å². The lowest BCUT2D eigenvalue weighted by molar-refractivity contribution is -0.120. The van der Waals surface area contributed by atoms with Crippen LogP contribution in [0.4, 0.5) is 5.69 Å². The molecular formula is C30H28N8O. The number of carbonyl (C=O) groups is 1.